The fourth-order valence-electron chi connectivity index (χ4n) is 1.93. The van der Waals surface area contributed by atoms with Crippen LogP contribution < -0.4 is 4.74 Å². The molecule has 0 saturated heterocycles. The van der Waals surface area contributed by atoms with Gasteiger partial charge in [0.15, 0.2) is 0 Å². The van der Waals surface area contributed by atoms with Gasteiger partial charge in [0.2, 0.25) is 0 Å². The first-order valence-corrected chi connectivity index (χ1v) is 6.07. The standard InChI is InChI=1S/C15H10F4O3/c1-8-6-12(14(20)21)11(7-13(8)16)9-2-4-10(5-3-9)22-15(17,18)19/h2-7H,1H3,(H,20,21). The molecule has 0 aromatic heterocycles. The van der Waals surface area contributed by atoms with Gasteiger partial charge in [0.1, 0.15) is 11.6 Å². The van der Waals surface area contributed by atoms with Crippen LogP contribution in [-0.2, 0) is 0 Å². The number of alkyl halides is 3. The average molecular weight is 314 g/mol. The molecule has 0 spiro atoms. The fourth-order valence-corrected chi connectivity index (χ4v) is 1.93. The summed E-state index contributed by atoms with van der Waals surface area (Å²) >= 11 is 0. The molecule has 116 valence electrons. The predicted molar refractivity (Wildman–Crippen MR) is 70.2 cm³/mol. The first-order valence-electron chi connectivity index (χ1n) is 6.07. The van der Waals surface area contributed by atoms with E-state index < -0.39 is 23.9 Å². The van der Waals surface area contributed by atoms with Gasteiger partial charge in [0.25, 0.3) is 0 Å². The van der Waals surface area contributed by atoms with Gasteiger partial charge in [-0.15, -0.1) is 13.2 Å². The van der Waals surface area contributed by atoms with E-state index >= 15 is 0 Å². The lowest BCUT2D eigenvalue weighted by Gasteiger charge is -2.11. The number of aromatic carboxylic acids is 1. The van der Waals surface area contributed by atoms with E-state index in [1.807, 2.05) is 0 Å². The van der Waals surface area contributed by atoms with Crippen molar-refractivity contribution in [2.24, 2.45) is 0 Å². The van der Waals surface area contributed by atoms with Crippen LogP contribution in [0, 0.1) is 12.7 Å². The lowest BCUT2D eigenvalue weighted by Crippen LogP contribution is -2.16. The lowest BCUT2D eigenvalue weighted by atomic mass is 9.97. The molecule has 0 bridgehead atoms. The molecule has 0 heterocycles. The summed E-state index contributed by atoms with van der Waals surface area (Å²) in [5.74, 6) is -2.30. The molecule has 0 atom stereocenters. The number of hydrogen-bond donors (Lipinski definition) is 1. The molecule has 3 nitrogen and oxygen atoms in total. The van der Waals surface area contributed by atoms with Gasteiger partial charge < -0.3 is 9.84 Å². The van der Waals surface area contributed by atoms with Gasteiger partial charge in [-0.1, -0.05) is 12.1 Å². The molecule has 2 rings (SSSR count). The summed E-state index contributed by atoms with van der Waals surface area (Å²) in [4.78, 5) is 11.2. The zero-order chi connectivity index (χ0) is 16.5. The lowest BCUT2D eigenvalue weighted by molar-refractivity contribution is -0.274. The highest BCUT2D eigenvalue weighted by molar-refractivity contribution is 5.96. The minimum absolute atomic E-state index is 0.0779. The largest absolute Gasteiger partial charge is 0.573 e. The summed E-state index contributed by atoms with van der Waals surface area (Å²) in [6.45, 7) is 1.42. The Kier molecular flexibility index (Phi) is 4.07. The van der Waals surface area contributed by atoms with E-state index in [4.69, 9.17) is 5.11 Å². The molecule has 2 aromatic rings. The van der Waals surface area contributed by atoms with Gasteiger partial charge in [-0.3, -0.25) is 0 Å². The second-order valence-electron chi connectivity index (χ2n) is 4.52. The van der Waals surface area contributed by atoms with Crippen LogP contribution in [0.4, 0.5) is 17.6 Å². The summed E-state index contributed by atoms with van der Waals surface area (Å²) in [5, 5.41) is 9.15. The van der Waals surface area contributed by atoms with Crippen molar-refractivity contribution in [2.45, 2.75) is 13.3 Å². The molecular weight excluding hydrogens is 304 g/mol. The Morgan fingerprint density at radius 2 is 1.73 bits per heavy atom. The molecule has 0 aliphatic carbocycles. The molecule has 0 aliphatic rings. The maximum absolute atomic E-state index is 13.6. The Morgan fingerprint density at radius 1 is 1.14 bits per heavy atom. The van der Waals surface area contributed by atoms with Crippen molar-refractivity contribution in [1.82, 2.24) is 0 Å². The van der Waals surface area contributed by atoms with Gasteiger partial charge >= 0.3 is 12.3 Å². The van der Waals surface area contributed by atoms with Crippen LogP contribution in [0.3, 0.4) is 0 Å². The molecule has 0 radical (unpaired) electrons. The van der Waals surface area contributed by atoms with Crippen LogP contribution in [-0.4, -0.2) is 17.4 Å². The Labute approximate surface area is 122 Å². The fraction of sp³-hybridized carbons (Fsp3) is 0.133. The maximum atomic E-state index is 13.6. The van der Waals surface area contributed by atoms with Crippen LogP contribution in [0.15, 0.2) is 36.4 Å². The van der Waals surface area contributed by atoms with E-state index in [0.717, 1.165) is 18.2 Å². The van der Waals surface area contributed by atoms with Crippen molar-refractivity contribution < 1.29 is 32.2 Å². The third kappa shape index (κ3) is 3.55. The van der Waals surface area contributed by atoms with Crippen LogP contribution >= 0.6 is 0 Å². The predicted octanol–water partition coefficient (Wildman–Crippen LogP) is 4.40. The van der Waals surface area contributed by atoms with Crippen molar-refractivity contribution in [3.05, 3.63) is 53.3 Å². The highest BCUT2D eigenvalue weighted by atomic mass is 19.4. The van der Waals surface area contributed by atoms with Crippen molar-refractivity contribution in [3.63, 3.8) is 0 Å². The van der Waals surface area contributed by atoms with Gasteiger partial charge in [0.05, 0.1) is 5.56 Å². The van der Waals surface area contributed by atoms with E-state index in [-0.39, 0.29) is 22.3 Å². The van der Waals surface area contributed by atoms with Gasteiger partial charge in [-0.2, -0.15) is 0 Å². The number of rotatable bonds is 3. The minimum Gasteiger partial charge on any atom is -0.478 e. The van der Waals surface area contributed by atoms with Crippen molar-refractivity contribution in [3.8, 4) is 16.9 Å². The smallest absolute Gasteiger partial charge is 0.478 e. The number of benzene rings is 2. The van der Waals surface area contributed by atoms with Gasteiger partial charge in [-0.05, 0) is 47.9 Å². The molecule has 2 aromatic carbocycles. The van der Waals surface area contributed by atoms with Crippen LogP contribution in [0.25, 0.3) is 11.1 Å². The number of carboxylic acid groups (broad SMARTS) is 1. The molecular formula is C15H10F4O3. The number of hydrogen-bond acceptors (Lipinski definition) is 2. The Hall–Kier alpha value is -2.57. The summed E-state index contributed by atoms with van der Waals surface area (Å²) in [6.07, 6.45) is -4.82. The average Bonchev–Trinajstić information content (AvgIpc) is 2.40. The zero-order valence-corrected chi connectivity index (χ0v) is 11.2. The third-order valence-electron chi connectivity index (χ3n) is 2.93. The first kappa shape index (κ1) is 15.8. The van der Waals surface area contributed by atoms with E-state index in [1.165, 1.54) is 25.1 Å². The number of carbonyl (C=O) groups is 1. The highest BCUT2D eigenvalue weighted by Crippen LogP contribution is 2.30. The van der Waals surface area contributed by atoms with E-state index in [9.17, 15) is 22.4 Å². The Balaban J connectivity index is 2.44. The number of ether oxygens (including phenoxy) is 1. The Morgan fingerprint density at radius 3 is 2.23 bits per heavy atom. The Bertz CT molecular complexity index is 706. The van der Waals surface area contributed by atoms with Crippen LogP contribution in [0.5, 0.6) is 5.75 Å². The minimum atomic E-state index is -4.82. The molecule has 0 aliphatic heterocycles. The summed E-state index contributed by atoms with van der Waals surface area (Å²) in [5.41, 5.74) is 0.376. The summed E-state index contributed by atoms with van der Waals surface area (Å²) < 4.78 is 53.6. The molecule has 0 fully saturated rings. The van der Waals surface area contributed by atoms with E-state index in [2.05, 4.69) is 4.74 Å². The van der Waals surface area contributed by atoms with E-state index in [0.29, 0.717) is 0 Å². The molecule has 0 saturated carbocycles. The molecule has 7 heteroatoms. The van der Waals surface area contributed by atoms with Crippen molar-refractivity contribution >= 4 is 5.97 Å². The van der Waals surface area contributed by atoms with Crippen molar-refractivity contribution in [1.29, 1.82) is 0 Å². The SMILES string of the molecule is Cc1cc(C(=O)O)c(-c2ccc(OC(F)(F)F)cc2)cc1F. The molecule has 1 N–H and O–H groups in total. The first-order chi connectivity index (χ1) is 10.2. The summed E-state index contributed by atoms with van der Waals surface area (Å²) in [7, 11) is 0. The number of halogens is 4. The quantitative estimate of drug-likeness (QED) is 0.854. The topological polar surface area (TPSA) is 46.5 Å². The highest BCUT2D eigenvalue weighted by Gasteiger charge is 2.31. The second-order valence-corrected chi connectivity index (χ2v) is 4.52. The third-order valence-corrected chi connectivity index (χ3v) is 2.93. The van der Waals surface area contributed by atoms with E-state index in [1.54, 1.807) is 0 Å². The molecule has 0 amide bonds. The molecule has 22 heavy (non-hydrogen) atoms. The molecule has 0 unspecified atom stereocenters. The number of aryl methyl sites for hydroxylation is 1. The maximum Gasteiger partial charge on any atom is 0.573 e. The normalized spacial score (nSPS) is 11.3. The van der Waals surface area contributed by atoms with Crippen LogP contribution in [0.1, 0.15) is 15.9 Å². The van der Waals surface area contributed by atoms with Crippen molar-refractivity contribution in [2.75, 3.05) is 0 Å². The monoisotopic (exact) mass is 314 g/mol. The summed E-state index contributed by atoms with van der Waals surface area (Å²) in [6, 6.07) is 6.75. The van der Waals surface area contributed by atoms with Crippen LogP contribution in [0.2, 0.25) is 0 Å². The second kappa shape index (κ2) is 5.67. The number of carboxylic acids is 1. The van der Waals surface area contributed by atoms with Gasteiger partial charge in [-0.25, -0.2) is 9.18 Å². The zero-order valence-electron chi connectivity index (χ0n) is 11.2. The van der Waals surface area contributed by atoms with Gasteiger partial charge in [0, 0.05) is 0 Å².